The lowest BCUT2D eigenvalue weighted by atomic mass is 9.98. The number of ether oxygens (including phenoxy) is 1. The maximum Gasteiger partial charge on any atom is 0.407 e. The normalized spacial score (nSPS) is 13.9. The maximum absolute atomic E-state index is 12.3. The maximum atomic E-state index is 12.3. The summed E-state index contributed by atoms with van der Waals surface area (Å²) in [4.78, 5) is 35.2. The molecule has 0 aliphatic heterocycles. The smallest absolute Gasteiger partial charge is 0.407 e. The molecule has 0 spiro atoms. The van der Waals surface area contributed by atoms with E-state index >= 15 is 0 Å². The fraction of sp³-hybridized carbons (Fsp3) is 0.444. The van der Waals surface area contributed by atoms with Gasteiger partial charge < -0.3 is 20.5 Å². The van der Waals surface area contributed by atoms with E-state index < -0.39 is 12.1 Å². The fourth-order valence-corrected chi connectivity index (χ4v) is 4.36. The summed E-state index contributed by atoms with van der Waals surface area (Å²) in [6.45, 7) is 4.58. The molecule has 34 heavy (non-hydrogen) atoms. The number of carboxylic acids is 1. The van der Waals surface area contributed by atoms with Gasteiger partial charge in [0.15, 0.2) is 0 Å². The van der Waals surface area contributed by atoms with Crippen molar-refractivity contribution in [2.45, 2.75) is 57.9 Å². The van der Waals surface area contributed by atoms with Gasteiger partial charge >= 0.3 is 12.1 Å². The second-order valence-electron chi connectivity index (χ2n) is 8.96. The minimum atomic E-state index is -0.861. The number of nitrogens with one attached hydrogen (secondary N) is 2. The van der Waals surface area contributed by atoms with Crippen LogP contribution >= 0.6 is 0 Å². The van der Waals surface area contributed by atoms with Crippen LogP contribution in [0.5, 0.6) is 0 Å². The molecule has 7 nitrogen and oxygen atoms in total. The van der Waals surface area contributed by atoms with Crippen LogP contribution in [0.1, 0.15) is 63.0 Å². The van der Waals surface area contributed by atoms with Crippen molar-refractivity contribution in [3.63, 3.8) is 0 Å². The van der Waals surface area contributed by atoms with Crippen LogP contribution in [-0.4, -0.2) is 42.3 Å². The number of alkyl carbamates (subject to hydrolysis) is 1. The minimum absolute atomic E-state index is 0.0203. The lowest BCUT2D eigenvalue weighted by Gasteiger charge is -2.18. The molecule has 7 heteroatoms. The SMILES string of the molecule is CCC(CCC(=O)O)NC(=O)CCC(C)CNC(=O)OCC1c2ccccc2-c2ccccc21. The Kier molecular flexibility index (Phi) is 9.08. The first kappa shape index (κ1) is 25.3. The minimum Gasteiger partial charge on any atom is -0.481 e. The number of hydrogen-bond donors (Lipinski definition) is 3. The number of aliphatic carboxylic acids is 1. The van der Waals surface area contributed by atoms with Crippen LogP contribution in [0.3, 0.4) is 0 Å². The topological polar surface area (TPSA) is 105 Å². The molecule has 0 saturated heterocycles. The average Bonchev–Trinajstić information content (AvgIpc) is 3.16. The first-order valence-electron chi connectivity index (χ1n) is 12.0. The average molecular weight is 467 g/mol. The lowest BCUT2D eigenvalue weighted by Crippen LogP contribution is -2.35. The molecule has 0 fully saturated rings. The molecule has 0 bridgehead atoms. The van der Waals surface area contributed by atoms with Gasteiger partial charge in [-0.2, -0.15) is 0 Å². The quantitative estimate of drug-likeness (QED) is 0.421. The van der Waals surface area contributed by atoms with Crippen LogP contribution in [0.2, 0.25) is 0 Å². The number of carboxylic acid groups (broad SMARTS) is 1. The summed E-state index contributed by atoms with van der Waals surface area (Å²) in [6.07, 6.45) is 1.65. The number of rotatable bonds is 12. The Morgan fingerprint density at radius 3 is 2.18 bits per heavy atom. The van der Waals surface area contributed by atoms with Crippen LogP contribution < -0.4 is 10.6 Å². The molecule has 3 rings (SSSR count). The highest BCUT2D eigenvalue weighted by Gasteiger charge is 2.29. The molecular weight excluding hydrogens is 432 g/mol. The van der Waals surface area contributed by atoms with E-state index in [0.717, 1.165) is 0 Å². The van der Waals surface area contributed by atoms with E-state index in [4.69, 9.17) is 9.84 Å². The van der Waals surface area contributed by atoms with E-state index in [1.54, 1.807) is 0 Å². The van der Waals surface area contributed by atoms with Crippen LogP contribution in [0.25, 0.3) is 11.1 Å². The first-order chi connectivity index (χ1) is 16.4. The largest absolute Gasteiger partial charge is 0.481 e. The van der Waals surface area contributed by atoms with Crippen LogP contribution in [-0.2, 0) is 14.3 Å². The summed E-state index contributed by atoms with van der Waals surface area (Å²) < 4.78 is 5.55. The lowest BCUT2D eigenvalue weighted by molar-refractivity contribution is -0.137. The van der Waals surface area contributed by atoms with Crippen LogP contribution in [0.4, 0.5) is 4.79 Å². The Balaban J connectivity index is 1.39. The highest BCUT2D eigenvalue weighted by Crippen LogP contribution is 2.44. The van der Waals surface area contributed by atoms with Gasteiger partial charge in [0.1, 0.15) is 6.61 Å². The van der Waals surface area contributed by atoms with Crippen molar-refractivity contribution in [2.75, 3.05) is 13.2 Å². The standard InChI is InChI=1S/C27H34N2O5/c1-3-19(13-15-26(31)32)29-25(30)14-12-18(2)16-28-27(33)34-17-24-22-10-6-4-8-20(22)21-9-5-7-11-23(21)24/h4-11,18-19,24H,3,12-17H2,1-2H3,(H,28,33)(H,29,30)(H,31,32). The number of fused-ring (bicyclic) bond motifs is 3. The van der Waals surface area contributed by atoms with Crippen molar-refractivity contribution < 1.29 is 24.2 Å². The number of carbonyl (C=O) groups is 3. The third-order valence-electron chi connectivity index (χ3n) is 6.37. The van der Waals surface area contributed by atoms with Gasteiger partial charge in [-0.25, -0.2) is 4.79 Å². The predicted molar refractivity (Wildman–Crippen MR) is 131 cm³/mol. The Hall–Kier alpha value is -3.35. The summed E-state index contributed by atoms with van der Waals surface area (Å²) in [7, 11) is 0. The molecule has 2 unspecified atom stereocenters. The number of carbonyl (C=O) groups excluding carboxylic acids is 2. The monoisotopic (exact) mass is 466 g/mol. The predicted octanol–water partition coefficient (Wildman–Crippen LogP) is 4.70. The number of hydrogen-bond acceptors (Lipinski definition) is 4. The third kappa shape index (κ3) is 6.83. The number of amides is 2. The molecule has 0 heterocycles. The van der Waals surface area contributed by atoms with E-state index in [2.05, 4.69) is 34.9 Å². The Bertz CT molecular complexity index is 961. The molecule has 0 radical (unpaired) electrons. The second kappa shape index (κ2) is 12.2. The van der Waals surface area contributed by atoms with Gasteiger partial charge in [-0.3, -0.25) is 9.59 Å². The van der Waals surface area contributed by atoms with Gasteiger partial charge in [-0.1, -0.05) is 62.4 Å². The van der Waals surface area contributed by atoms with E-state index in [1.807, 2.05) is 38.1 Å². The van der Waals surface area contributed by atoms with E-state index in [9.17, 15) is 14.4 Å². The van der Waals surface area contributed by atoms with Gasteiger partial charge in [0.2, 0.25) is 5.91 Å². The summed E-state index contributed by atoms with van der Waals surface area (Å²) in [6, 6.07) is 16.3. The molecular formula is C27H34N2O5. The fourth-order valence-electron chi connectivity index (χ4n) is 4.36. The molecule has 182 valence electrons. The van der Waals surface area contributed by atoms with Gasteiger partial charge in [-0.05, 0) is 47.4 Å². The van der Waals surface area contributed by atoms with E-state index in [0.29, 0.717) is 32.2 Å². The Morgan fingerprint density at radius 2 is 1.59 bits per heavy atom. The molecule has 2 atom stereocenters. The third-order valence-corrected chi connectivity index (χ3v) is 6.37. The molecule has 1 aliphatic carbocycles. The molecule has 0 saturated carbocycles. The van der Waals surface area contributed by atoms with Gasteiger partial charge in [-0.15, -0.1) is 0 Å². The van der Waals surface area contributed by atoms with Gasteiger partial charge in [0, 0.05) is 31.3 Å². The summed E-state index contributed by atoms with van der Waals surface area (Å²) in [5.41, 5.74) is 4.72. The summed E-state index contributed by atoms with van der Waals surface area (Å²) >= 11 is 0. The number of benzene rings is 2. The Morgan fingerprint density at radius 1 is 0.971 bits per heavy atom. The zero-order valence-corrected chi connectivity index (χ0v) is 19.9. The van der Waals surface area contributed by atoms with E-state index in [1.165, 1.54) is 22.3 Å². The molecule has 2 aromatic carbocycles. The van der Waals surface area contributed by atoms with Crippen molar-refractivity contribution in [3.05, 3.63) is 59.7 Å². The van der Waals surface area contributed by atoms with Gasteiger partial charge in [0.25, 0.3) is 0 Å². The first-order valence-corrected chi connectivity index (χ1v) is 12.0. The second-order valence-corrected chi connectivity index (χ2v) is 8.96. The molecule has 0 aromatic heterocycles. The zero-order chi connectivity index (χ0) is 24.5. The summed E-state index contributed by atoms with van der Waals surface area (Å²) in [5, 5.41) is 14.5. The van der Waals surface area contributed by atoms with Crippen LogP contribution in [0.15, 0.2) is 48.5 Å². The molecule has 3 N–H and O–H groups in total. The molecule has 2 aromatic rings. The Labute approximate surface area is 200 Å². The van der Waals surface area contributed by atoms with Crippen molar-refractivity contribution in [1.29, 1.82) is 0 Å². The van der Waals surface area contributed by atoms with E-state index in [-0.39, 0.29) is 36.8 Å². The zero-order valence-electron chi connectivity index (χ0n) is 19.9. The van der Waals surface area contributed by atoms with Crippen molar-refractivity contribution in [2.24, 2.45) is 5.92 Å². The summed E-state index contributed by atoms with van der Waals surface area (Å²) in [5.74, 6) is -0.830. The van der Waals surface area contributed by atoms with Crippen molar-refractivity contribution in [1.82, 2.24) is 10.6 Å². The van der Waals surface area contributed by atoms with Gasteiger partial charge in [0.05, 0.1) is 0 Å². The highest BCUT2D eigenvalue weighted by molar-refractivity contribution is 5.79. The molecule has 1 aliphatic rings. The van der Waals surface area contributed by atoms with Crippen LogP contribution in [0, 0.1) is 5.92 Å². The van der Waals surface area contributed by atoms with Crippen molar-refractivity contribution >= 4 is 18.0 Å². The van der Waals surface area contributed by atoms with Crippen molar-refractivity contribution in [3.8, 4) is 11.1 Å². The molecule has 2 amide bonds. The highest BCUT2D eigenvalue weighted by atomic mass is 16.5.